The van der Waals surface area contributed by atoms with E-state index in [2.05, 4.69) is 15.5 Å². The lowest BCUT2D eigenvalue weighted by molar-refractivity contribution is -0.137. The first-order chi connectivity index (χ1) is 15.6. The number of thioether (sulfide) groups is 1. The molecule has 1 aliphatic rings. The molecule has 1 aliphatic heterocycles. The number of amides is 1. The number of rotatable bonds is 5. The van der Waals surface area contributed by atoms with E-state index in [0.717, 1.165) is 23.9 Å². The quantitative estimate of drug-likeness (QED) is 0.492. The number of nitrogens with zero attached hydrogens (tertiary/aromatic N) is 3. The zero-order chi connectivity index (χ0) is 23.8. The molecule has 0 unspecified atom stereocenters. The lowest BCUT2D eigenvalue weighted by Crippen LogP contribution is -2.25. The van der Waals surface area contributed by atoms with E-state index < -0.39 is 34.0 Å². The van der Waals surface area contributed by atoms with Crippen molar-refractivity contribution in [3.8, 4) is 11.5 Å². The Morgan fingerprint density at radius 1 is 1.24 bits per heavy atom. The number of hydrogen-bond acceptors (Lipinski definition) is 6. The molecule has 7 nitrogen and oxygen atoms in total. The second kappa shape index (κ2) is 9.14. The Hall–Kier alpha value is -2.92. The molecule has 3 aromatic rings. The standard InChI is InChI=1S/C21H18ClF3N4O3S/c1-11(19(30)26-12-7-8-14(22)13(9-12)21(23,24)25)33-20-28-27-18(29(20)2)17-10-31-15-5-3-4-6-16(15)32-17/h3-9,11,17H,10H2,1-2H3,(H,26,30)/t11-,17+/m0/s1. The second-order valence-corrected chi connectivity index (χ2v) is 8.92. The highest BCUT2D eigenvalue weighted by Crippen LogP contribution is 2.37. The van der Waals surface area contributed by atoms with E-state index in [0.29, 0.717) is 22.5 Å². The Bertz CT molecular complexity index is 1190. The maximum absolute atomic E-state index is 13.1. The van der Waals surface area contributed by atoms with E-state index in [-0.39, 0.29) is 12.3 Å². The van der Waals surface area contributed by atoms with Crippen LogP contribution in [0.2, 0.25) is 5.02 Å². The van der Waals surface area contributed by atoms with E-state index >= 15 is 0 Å². The average molecular weight is 499 g/mol. The zero-order valence-corrected chi connectivity index (χ0v) is 19.0. The smallest absolute Gasteiger partial charge is 0.417 e. The van der Waals surface area contributed by atoms with Crippen molar-refractivity contribution in [3.63, 3.8) is 0 Å². The van der Waals surface area contributed by atoms with Crippen molar-refractivity contribution in [2.75, 3.05) is 11.9 Å². The van der Waals surface area contributed by atoms with Crippen molar-refractivity contribution < 1.29 is 27.4 Å². The molecule has 0 spiro atoms. The van der Waals surface area contributed by atoms with Crippen molar-refractivity contribution in [2.24, 2.45) is 7.05 Å². The number of aromatic nitrogens is 3. The third-order valence-corrected chi connectivity index (χ3v) is 6.32. The van der Waals surface area contributed by atoms with Crippen LogP contribution < -0.4 is 14.8 Å². The van der Waals surface area contributed by atoms with Crippen LogP contribution in [0.25, 0.3) is 0 Å². The molecule has 1 aromatic heterocycles. The maximum atomic E-state index is 13.1. The van der Waals surface area contributed by atoms with Gasteiger partial charge in [0.2, 0.25) is 5.91 Å². The fourth-order valence-electron chi connectivity index (χ4n) is 3.13. The minimum Gasteiger partial charge on any atom is -0.485 e. The van der Waals surface area contributed by atoms with Gasteiger partial charge in [0, 0.05) is 12.7 Å². The summed E-state index contributed by atoms with van der Waals surface area (Å²) in [5, 5.41) is 10.1. The summed E-state index contributed by atoms with van der Waals surface area (Å²) in [5.41, 5.74) is -1.02. The van der Waals surface area contributed by atoms with Crippen LogP contribution in [0.3, 0.4) is 0 Å². The summed E-state index contributed by atoms with van der Waals surface area (Å²) < 4.78 is 52.5. The molecular weight excluding hydrogens is 481 g/mol. The zero-order valence-electron chi connectivity index (χ0n) is 17.4. The summed E-state index contributed by atoms with van der Waals surface area (Å²) in [4.78, 5) is 12.6. The summed E-state index contributed by atoms with van der Waals surface area (Å²) in [6, 6.07) is 10.5. The molecule has 1 amide bonds. The fourth-order valence-corrected chi connectivity index (χ4v) is 4.18. The van der Waals surface area contributed by atoms with Crippen molar-refractivity contribution >= 4 is 35.0 Å². The predicted molar refractivity (Wildman–Crippen MR) is 117 cm³/mol. The van der Waals surface area contributed by atoms with Crippen LogP contribution in [0, 0.1) is 0 Å². The summed E-state index contributed by atoms with van der Waals surface area (Å²) in [6.07, 6.45) is -5.11. The molecule has 33 heavy (non-hydrogen) atoms. The summed E-state index contributed by atoms with van der Waals surface area (Å²) in [7, 11) is 1.74. The number of anilines is 1. The average Bonchev–Trinajstić information content (AvgIpc) is 3.13. The monoisotopic (exact) mass is 498 g/mol. The van der Waals surface area contributed by atoms with Gasteiger partial charge in [-0.05, 0) is 37.3 Å². The van der Waals surface area contributed by atoms with Gasteiger partial charge < -0.3 is 19.4 Å². The van der Waals surface area contributed by atoms with Crippen LogP contribution in [0.5, 0.6) is 11.5 Å². The minimum atomic E-state index is -4.63. The van der Waals surface area contributed by atoms with Gasteiger partial charge in [0.15, 0.2) is 28.6 Å². The van der Waals surface area contributed by atoms with Crippen molar-refractivity contribution in [2.45, 2.75) is 29.6 Å². The number of carbonyl (C=O) groups excluding carboxylic acids is 1. The Morgan fingerprint density at radius 2 is 1.97 bits per heavy atom. The molecule has 2 aromatic carbocycles. The van der Waals surface area contributed by atoms with Crippen molar-refractivity contribution in [1.29, 1.82) is 0 Å². The van der Waals surface area contributed by atoms with Crippen LogP contribution in [0.15, 0.2) is 47.6 Å². The number of halogens is 4. The molecule has 12 heteroatoms. The third-order valence-electron chi connectivity index (χ3n) is 4.86. The number of carbonyl (C=O) groups is 1. The van der Waals surface area contributed by atoms with E-state index in [1.54, 1.807) is 24.6 Å². The molecule has 0 bridgehead atoms. The van der Waals surface area contributed by atoms with Gasteiger partial charge in [-0.3, -0.25) is 4.79 Å². The molecule has 0 aliphatic carbocycles. The van der Waals surface area contributed by atoms with Gasteiger partial charge in [-0.2, -0.15) is 13.2 Å². The first kappa shape index (κ1) is 23.2. The molecular formula is C21H18ClF3N4O3S. The summed E-state index contributed by atoms with van der Waals surface area (Å²) in [5.74, 6) is 1.27. The summed E-state index contributed by atoms with van der Waals surface area (Å²) >= 11 is 6.74. The van der Waals surface area contributed by atoms with E-state index in [1.165, 1.54) is 6.07 Å². The highest BCUT2D eigenvalue weighted by Gasteiger charge is 2.34. The SMILES string of the molecule is C[C@H](Sc1nnc([C@H]2COc3ccccc3O2)n1C)C(=O)Nc1ccc(Cl)c(C(F)(F)F)c1. The number of hydrogen-bond donors (Lipinski definition) is 1. The molecule has 0 fully saturated rings. The highest BCUT2D eigenvalue weighted by atomic mass is 35.5. The summed E-state index contributed by atoms with van der Waals surface area (Å²) in [6.45, 7) is 1.87. The molecule has 4 rings (SSSR count). The van der Waals surface area contributed by atoms with Crippen LogP contribution in [-0.4, -0.2) is 32.5 Å². The number of nitrogens with one attached hydrogen (secondary N) is 1. The van der Waals surface area contributed by atoms with Gasteiger partial charge in [-0.1, -0.05) is 35.5 Å². The van der Waals surface area contributed by atoms with Crippen LogP contribution in [0.1, 0.15) is 24.4 Å². The minimum absolute atomic E-state index is 0.00532. The van der Waals surface area contributed by atoms with Crippen LogP contribution in [-0.2, 0) is 18.0 Å². The van der Waals surface area contributed by atoms with E-state index in [1.807, 2.05) is 18.2 Å². The largest absolute Gasteiger partial charge is 0.485 e. The fraction of sp³-hybridized carbons (Fsp3) is 0.286. The van der Waals surface area contributed by atoms with Gasteiger partial charge in [-0.15, -0.1) is 10.2 Å². The lowest BCUT2D eigenvalue weighted by Gasteiger charge is -2.25. The molecule has 2 heterocycles. The Kier molecular flexibility index (Phi) is 6.44. The molecule has 0 saturated carbocycles. The van der Waals surface area contributed by atoms with Crippen LogP contribution >= 0.6 is 23.4 Å². The van der Waals surface area contributed by atoms with Gasteiger partial charge >= 0.3 is 6.18 Å². The first-order valence-electron chi connectivity index (χ1n) is 9.75. The van der Waals surface area contributed by atoms with Gasteiger partial charge in [0.25, 0.3) is 0 Å². The predicted octanol–water partition coefficient (Wildman–Crippen LogP) is 5.12. The maximum Gasteiger partial charge on any atom is 0.417 e. The molecule has 174 valence electrons. The van der Waals surface area contributed by atoms with E-state index in [4.69, 9.17) is 21.1 Å². The lowest BCUT2D eigenvalue weighted by atomic mass is 10.2. The molecule has 0 radical (unpaired) electrons. The number of fused-ring (bicyclic) bond motifs is 1. The number of ether oxygens (including phenoxy) is 2. The first-order valence-corrected chi connectivity index (χ1v) is 11.0. The Balaban J connectivity index is 1.43. The Labute approximate surface area is 196 Å². The van der Waals surface area contributed by atoms with Crippen molar-refractivity contribution in [3.05, 3.63) is 58.9 Å². The normalized spacial score (nSPS) is 16.4. The van der Waals surface area contributed by atoms with Gasteiger partial charge in [0.05, 0.1) is 15.8 Å². The molecule has 2 atom stereocenters. The third kappa shape index (κ3) is 5.03. The van der Waals surface area contributed by atoms with Gasteiger partial charge in [0.1, 0.15) is 6.61 Å². The second-order valence-electron chi connectivity index (χ2n) is 7.21. The van der Waals surface area contributed by atoms with Crippen LogP contribution in [0.4, 0.5) is 18.9 Å². The highest BCUT2D eigenvalue weighted by molar-refractivity contribution is 8.00. The Morgan fingerprint density at radius 3 is 2.70 bits per heavy atom. The van der Waals surface area contributed by atoms with Crippen molar-refractivity contribution in [1.82, 2.24) is 14.8 Å². The molecule has 0 saturated heterocycles. The number of alkyl halides is 3. The van der Waals surface area contributed by atoms with Gasteiger partial charge in [-0.25, -0.2) is 0 Å². The topological polar surface area (TPSA) is 78.3 Å². The number of benzene rings is 2. The number of para-hydroxylation sites is 2. The van der Waals surface area contributed by atoms with E-state index in [9.17, 15) is 18.0 Å². The molecule has 1 N–H and O–H groups in total.